The molecule has 0 bridgehead atoms. The summed E-state index contributed by atoms with van der Waals surface area (Å²) in [5, 5.41) is 0.255. The summed E-state index contributed by atoms with van der Waals surface area (Å²) < 4.78 is 0. The average Bonchev–Trinajstić information content (AvgIpc) is 1.96. The fraction of sp³-hybridized carbons (Fsp3) is 1.00. The Morgan fingerprint density at radius 2 is 1.77 bits per heavy atom. The van der Waals surface area contributed by atoms with E-state index >= 15 is 0 Å². The number of hydrogen-bond acceptors (Lipinski definition) is 2. The van der Waals surface area contributed by atoms with E-state index in [9.17, 15) is 0 Å². The minimum Gasteiger partial charge on any atom is -0.338 e. The Labute approximate surface area is 90.0 Å². The van der Waals surface area contributed by atoms with Crippen molar-refractivity contribution >= 4 is 28.9 Å². The normalized spacial score (nSPS) is 14.9. The fourth-order valence-corrected chi connectivity index (χ4v) is 5.18. The topological polar surface area (TPSA) is 40.5 Å². The maximum Gasteiger partial charge on any atom is 0.242 e. The lowest BCUT2D eigenvalue weighted by Gasteiger charge is -2.19. The number of rotatable bonds is 6. The Balaban J connectivity index is 3.85. The predicted molar refractivity (Wildman–Crippen MR) is 64.5 cm³/mol. The molecular weight excluding hydrogens is 223 g/mol. The summed E-state index contributed by atoms with van der Waals surface area (Å²) in [6.45, 7) is 6.34. The van der Waals surface area contributed by atoms with Gasteiger partial charge in [-0.3, -0.25) is 0 Å². The summed E-state index contributed by atoms with van der Waals surface area (Å²) in [6, 6.07) is 0. The second-order valence-electron chi connectivity index (χ2n) is 3.32. The lowest BCUT2D eigenvalue weighted by Crippen LogP contribution is -2.05. The molecule has 13 heavy (non-hydrogen) atoms. The van der Waals surface area contributed by atoms with Crippen molar-refractivity contribution in [2.45, 2.75) is 45.3 Å². The Morgan fingerprint density at radius 3 is 2.08 bits per heavy atom. The molecule has 0 aromatic heterocycles. The van der Waals surface area contributed by atoms with Crippen LogP contribution in [-0.2, 0) is 11.8 Å². The van der Waals surface area contributed by atoms with Crippen molar-refractivity contribution in [2.24, 2.45) is 5.92 Å². The molecule has 2 nitrogen and oxygen atoms in total. The van der Waals surface area contributed by atoms with E-state index in [1.54, 1.807) is 0 Å². The molecule has 0 fully saturated rings. The summed E-state index contributed by atoms with van der Waals surface area (Å²) in [5.41, 5.74) is -3.05. The molecule has 0 radical (unpaired) electrons. The third-order valence-electron chi connectivity index (χ3n) is 2.14. The van der Waals surface area contributed by atoms with Gasteiger partial charge in [-0.15, -0.1) is 0 Å². The SMILES string of the molecule is CCC(CC)CC(C)SP(O)(O)=S. The molecule has 1 atom stereocenters. The van der Waals surface area contributed by atoms with E-state index in [-0.39, 0.29) is 5.25 Å². The molecule has 0 saturated carbocycles. The van der Waals surface area contributed by atoms with Gasteiger partial charge in [-0.1, -0.05) is 45.0 Å². The first-order chi connectivity index (χ1) is 5.89. The maximum absolute atomic E-state index is 9.09. The van der Waals surface area contributed by atoms with E-state index in [1.165, 1.54) is 0 Å². The van der Waals surface area contributed by atoms with Crippen molar-refractivity contribution in [2.75, 3.05) is 0 Å². The Morgan fingerprint density at radius 1 is 1.31 bits per heavy atom. The summed E-state index contributed by atoms with van der Waals surface area (Å²) in [4.78, 5) is 18.2. The van der Waals surface area contributed by atoms with E-state index in [1.807, 2.05) is 6.92 Å². The third kappa shape index (κ3) is 7.95. The predicted octanol–water partition coefficient (Wildman–Crippen LogP) is 3.14. The van der Waals surface area contributed by atoms with Gasteiger partial charge < -0.3 is 9.79 Å². The Bertz CT molecular complexity index is 177. The maximum atomic E-state index is 9.09. The lowest BCUT2D eigenvalue weighted by atomic mass is 9.98. The van der Waals surface area contributed by atoms with Crippen LogP contribution in [0.1, 0.15) is 40.0 Å². The van der Waals surface area contributed by atoms with Gasteiger partial charge in [0, 0.05) is 5.25 Å². The van der Waals surface area contributed by atoms with Gasteiger partial charge in [0.05, 0.1) is 0 Å². The highest BCUT2D eigenvalue weighted by atomic mass is 32.9. The van der Waals surface area contributed by atoms with E-state index in [4.69, 9.17) is 9.79 Å². The molecule has 80 valence electrons. The van der Waals surface area contributed by atoms with Crippen LogP contribution in [0.3, 0.4) is 0 Å². The van der Waals surface area contributed by atoms with Crippen molar-refractivity contribution < 1.29 is 9.79 Å². The first-order valence-corrected chi connectivity index (χ1v) is 8.82. The van der Waals surface area contributed by atoms with Crippen LogP contribution >= 0.6 is 17.1 Å². The molecule has 0 saturated heterocycles. The van der Waals surface area contributed by atoms with Gasteiger partial charge in [-0.2, -0.15) is 0 Å². The van der Waals surface area contributed by atoms with Crippen LogP contribution in [0.25, 0.3) is 0 Å². The van der Waals surface area contributed by atoms with Crippen LogP contribution in [0.2, 0.25) is 0 Å². The van der Waals surface area contributed by atoms with Crippen LogP contribution in [0.5, 0.6) is 0 Å². The second kappa shape index (κ2) is 6.41. The van der Waals surface area contributed by atoms with Gasteiger partial charge in [0.15, 0.2) is 0 Å². The highest BCUT2D eigenvalue weighted by Crippen LogP contribution is 2.54. The molecule has 0 amide bonds. The van der Waals surface area contributed by atoms with E-state index in [2.05, 4.69) is 25.7 Å². The van der Waals surface area contributed by atoms with Crippen molar-refractivity contribution in [3.63, 3.8) is 0 Å². The van der Waals surface area contributed by atoms with Gasteiger partial charge in [-0.25, -0.2) is 0 Å². The molecule has 2 N–H and O–H groups in total. The molecule has 0 rings (SSSR count). The Kier molecular flexibility index (Phi) is 6.87. The monoisotopic (exact) mass is 242 g/mol. The van der Waals surface area contributed by atoms with E-state index in [0.29, 0.717) is 5.92 Å². The zero-order valence-electron chi connectivity index (χ0n) is 8.43. The van der Waals surface area contributed by atoms with Crippen molar-refractivity contribution in [1.29, 1.82) is 0 Å². The smallest absolute Gasteiger partial charge is 0.242 e. The van der Waals surface area contributed by atoms with E-state index < -0.39 is 5.69 Å². The zero-order valence-corrected chi connectivity index (χ0v) is 11.0. The summed E-state index contributed by atoms with van der Waals surface area (Å²) in [6.07, 6.45) is 3.33. The molecule has 5 heteroatoms. The first kappa shape index (κ1) is 13.9. The van der Waals surface area contributed by atoms with Gasteiger partial charge in [0.1, 0.15) is 0 Å². The minimum atomic E-state index is -3.05. The zero-order chi connectivity index (χ0) is 10.5. The van der Waals surface area contributed by atoms with Gasteiger partial charge in [0.25, 0.3) is 0 Å². The van der Waals surface area contributed by atoms with Gasteiger partial charge in [0.2, 0.25) is 5.69 Å². The molecule has 0 aliphatic rings. The molecular formula is C8H19O2PS2. The average molecular weight is 242 g/mol. The molecule has 1 unspecified atom stereocenters. The third-order valence-corrected chi connectivity index (χ3v) is 5.64. The minimum absolute atomic E-state index is 0.255. The van der Waals surface area contributed by atoms with Crippen LogP contribution in [0.15, 0.2) is 0 Å². The molecule has 0 aromatic carbocycles. The van der Waals surface area contributed by atoms with Crippen LogP contribution in [-0.4, -0.2) is 15.0 Å². The van der Waals surface area contributed by atoms with Crippen molar-refractivity contribution in [1.82, 2.24) is 0 Å². The largest absolute Gasteiger partial charge is 0.338 e. The fourth-order valence-electron chi connectivity index (χ4n) is 1.37. The molecule has 0 aliphatic heterocycles. The molecule has 0 spiro atoms. The summed E-state index contributed by atoms with van der Waals surface area (Å²) in [7, 11) is 0. The van der Waals surface area contributed by atoms with Gasteiger partial charge in [-0.05, 0) is 24.1 Å². The quantitative estimate of drug-likeness (QED) is 0.702. The molecule has 0 aromatic rings. The standard InChI is InChI=1S/C8H19O2PS2/c1-4-8(5-2)6-7(3)13-11(9,10)12/h7-8H,4-6H2,1-3H3,(H2,9,10,12). The van der Waals surface area contributed by atoms with E-state index in [0.717, 1.165) is 30.6 Å². The summed E-state index contributed by atoms with van der Waals surface area (Å²) >= 11 is 5.72. The first-order valence-electron chi connectivity index (χ1n) is 4.63. The van der Waals surface area contributed by atoms with Crippen LogP contribution < -0.4 is 0 Å². The van der Waals surface area contributed by atoms with Crippen LogP contribution in [0, 0.1) is 5.92 Å². The van der Waals surface area contributed by atoms with Gasteiger partial charge >= 0.3 is 0 Å². The summed E-state index contributed by atoms with van der Waals surface area (Å²) in [5.74, 6) is 0.684. The molecule has 0 aliphatic carbocycles. The molecule has 0 heterocycles. The van der Waals surface area contributed by atoms with Crippen molar-refractivity contribution in [3.8, 4) is 0 Å². The van der Waals surface area contributed by atoms with Crippen molar-refractivity contribution in [3.05, 3.63) is 0 Å². The highest BCUT2D eigenvalue weighted by Gasteiger charge is 2.17. The number of hydrogen-bond donors (Lipinski definition) is 2. The van der Waals surface area contributed by atoms with Crippen LogP contribution in [0.4, 0.5) is 0 Å². The second-order valence-corrected chi connectivity index (χ2v) is 9.70. The lowest BCUT2D eigenvalue weighted by molar-refractivity contribution is 0.455. The highest BCUT2D eigenvalue weighted by molar-refractivity contribution is 8.67. The Hall–Kier alpha value is 0.920.